The molecular weight excluding hydrogens is 228 g/mol. The highest BCUT2D eigenvalue weighted by Crippen LogP contribution is 2.06. The van der Waals surface area contributed by atoms with Gasteiger partial charge in [-0.25, -0.2) is 9.67 Å². The van der Waals surface area contributed by atoms with E-state index < -0.39 is 0 Å². The molecule has 18 heavy (non-hydrogen) atoms. The molecule has 0 aliphatic carbocycles. The van der Waals surface area contributed by atoms with Crippen molar-refractivity contribution in [3.8, 4) is 5.82 Å². The van der Waals surface area contributed by atoms with E-state index in [1.54, 1.807) is 23.0 Å². The minimum atomic E-state index is -0.110. The van der Waals surface area contributed by atoms with Crippen molar-refractivity contribution in [1.29, 1.82) is 0 Å². The first kappa shape index (κ1) is 12.3. The molecule has 2 heterocycles. The van der Waals surface area contributed by atoms with E-state index in [1.807, 2.05) is 33.0 Å². The molecule has 1 N–H and O–H groups in total. The van der Waals surface area contributed by atoms with Gasteiger partial charge in [0.05, 0.1) is 11.3 Å². The molecule has 0 radical (unpaired) electrons. The zero-order chi connectivity index (χ0) is 13.1. The van der Waals surface area contributed by atoms with Gasteiger partial charge in [0.15, 0.2) is 5.82 Å². The van der Waals surface area contributed by atoms with Crippen molar-refractivity contribution < 1.29 is 4.79 Å². The maximum atomic E-state index is 11.7. The zero-order valence-electron chi connectivity index (χ0n) is 10.7. The number of nitrogens with zero attached hydrogens (tertiary/aromatic N) is 3. The number of nitrogens with one attached hydrogen (secondary N) is 1. The molecular formula is C13H16N4O. The van der Waals surface area contributed by atoms with Gasteiger partial charge in [0.1, 0.15) is 0 Å². The number of carbonyl (C=O) groups excluding carboxylic acids is 1. The lowest BCUT2D eigenvalue weighted by Gasteiger charge is -2.08. The van der Waals surface area contributed by atoms with Gasteiger partial charge in [0, 0.05) is 18.4 Å². The molecule has 0 bridgehead atoms. The lowest BCUT2D eigenvalue weighted by molar-refractivity contribution is 0.0943. The Hall–Kier alpha value is -2.17. The first-order valence-corrected chi connectivity index (χ1v) is 5.86. The van der Waals surface area contributed by atoms with E-state index in [-0.39, 0.29) is 11.9 Å². The van der Waals surface area contributed by atoms with E-state index in [2.05, 4.69) is 15.4 Å². The molecule has 5 heteroatoms. The van der Waals surface area contributed by atoms with Gasteiger partial charge in [-0.15, -0.1) is 0 Å². The standard InChI is InChI=1S/C13H16N4O/c1-9(2)15-13(18)11-4-5-12(14-8-11)17-7-6-10(3)16-17/h4-9H,1-3H3,(H,15,18). The van der Waals surface area contributed by atoms with Crippen LogP contribution in [0.4, 0.5) is 0 Å². The molecule has 0 aromatic carbocycles. The molecule has 0 saturated heterocycles. The number of hydrogen-bond acceptors (Lipinski definition) is 3. The average molecular weight is 244 g/mol. The van der Waals surface area contributed by atoms with E-state index in [1.165, 1.54) is 0 Å². The molecule has 0 fully saturated rings. The zero-order valence-corrected chi connectivity index (χ0v) is 10.7. The molecule has 5 nitrogen and oxygen atoms in total. The monoisotopic (exact) mass is 244 g/mol. The van der Waals surface area contributed by atoms with E-state index in [4.69, 9.17) is 0 Å². The average Bonchev–Trinajstić information content (AvgIpc) is 2.75. The molecule has 0 atom stereocenters. The Bertz CT molecular complexity index is 542. The third-order valence-corrected chi connectivity index (χ3v) is 2.39. The minimum absolute atomic E-state index is 0.110. The second kappa shape index (κ2) is 5.00. The molecule has 2 rings (SSSR count). The van der Waals surface area contributed by atoms with E-state index in [9.17, 15) is 4.79 Å². The number of aromatic nitrogens is 3. The maximum absolute atomic E-state index is 11.7. The molecule has 0 spiro atoms. The molecule has 1 amide bonds. The van der Waals surface area contributed by atoms with Crippen LogP contribution in [0.15, 0.2) is 30.6 Å². The van der Waals surface area contributed by atoms with Crippen LogP contribution in [0, 0.1) is 6.92 Å². The van der Waals surface area contributed by atoms with Crippen LogP contribution in [0.2, 0.25) is 0 Å². The number of amides is 1. The largest absolute Gasteiger partial charge is 0.350 e. The summed E-state index contributed by atoms with van der Waals surface area (Å²) in [6, 6.07) is 5.55. The summed E-state index contributed by atoms with van der Waals surface area (Å²) < 4.78 is 1.68. The summed E-state index contributed by atoms with van der Waals surface area (Å²) in [4.78, 5) is 16.0. The van der Waals surface area contributed by atoms with Gasteiger partial charge in [-0.2, -0.15) is 5.10 Å². The van der Waals surface area contributed by atoms with Crippen LogP contribution >= 0.6 is 0 Å². The fraction of sp³-hybridized carbons (Fsp3) is 0.308. The van der Waals surface area contributed by atoms with Crippen LogP contribution in [-0.4, -0.2) is 26.7 Å². The fourth-order valence-electron chi connectivity index (χ4n) is 1.54. The Balaban J connectivity index is 2.17. The SMILES string of the molecule is Cc1ccn(-c2ccc(C(=O)NC(C)C)cn2)n1. The first-order valence-electron chi connectivity index (χ1n) is 5.86. The van der Waals surface area contributed by atoms with Crippen LogP contribution in [0.3, 0.4) is 0 Å². The molecule has 94 valence electrons. The highest BCUT2D eigenvalue weighted by Gasteiger charge is 2.08. The Labute approximate surface area is 106 Å². The Morgan fingerprint density at radius 2 is 2.11 bits per heavy atom. The Kier molecular flexibility index (Phi) is 3.41. The van der Waals surface area contributed by atoms with Gasteiger partial charge in [-0.3, -0.25) is 4.79 Å². The second-order valence-electron chi connectivity index (χ2n) is 4.43. The molecule has 0 aliphatic heterocycles. The number of pyridine rings is 1. The van der Waals surface area contributed by atoms with Gasteiger partial charge in [0.25, 0.3) is 5.91 Å². The van der Waals surface area contributed by atoms with Gasteiger partial charge in [0.2, 0.25) is 0 Å². The minimum Gasteiger partial charge on any atom is -0.350 e. The summed E-state index contributed by atoms with van der Waals surface area (Å²) in [6.45, 7) is 5.76. The van der Waals surface area contributed by atoms with Crippen molar-refractivity contribution in [3.63, 3.8) is 0 Å². The normalized spacial score (nSPS) is 10.7. The summed E-state index contributed by atoms with van der Waals surface area (Å²) in [6.07, 6.45) is 3.40. The number of carbonyl (C=O) groups is 1. The first-order chi connectivity index (χ1) is 8.56. The molecule has 0 unspecified atom stereocenters. The summed E-state index contributed by atoms with van der Waals surface area (Å²) >= 11 is 0. The summed E-state index contributed by atoms with van der Waals surface area (Å²) in [7, 11) is 0. The van der Waals surface area contributed by atoms with Gasteiger partial charge >= 0.3 is 0 Å². The Morgan fingerprint density at radius 1 is 1.33 bits per heavy atom. The van der Waals surface area contributed by atoms with Crippen molar-refractivity contribution in [2.24, 2.45) is 0 Å². The van der Waals surface area contributed by atoms with Crippen LogP contribution in [0.1, 0.15) is 29.9 Å². The molecule has 2 aromatic heterocycles. The quantitative estimate of drug-likeness (QED) is 0.894. The molecule has 0 aliphatic rings. The van der Waals surface area contributed by atoms with Gasteiger partial charge in [-0.05, 0) is 39.0 Å². The molecule has 2 aromatic rings. The van der Waals surface area contributed by atoms with Crippen LogP contribution in [0.5, 0.6) is 0 Å². The van der Waals surface area contributed by atoms with Crippen LogP contribution < -0.4 is 5.32 Å². The summed E-state index contributed by atoms with van der Waals surface area (Å²) in [5, 5.41) is 7.08. The molecule has 0 saturated carbocycles. The van der Waals surface area contributed by atoms with E-state index in [0.29, 0.717) is 11.4 Å². The van der Waals surface area contributed by atoms with Crippen molar-refractivity contribution in [3.05, 3.63) is 41.9 Å². The summed E-state index contributed by atoms with van der Waals surface area (Å²) in [5.41, 5.74) is 1.48. The van der Waals surface area contributed by atoms with Gasteiger partial charge in [-0.1, -0.05) is 0 Å². The van der Waals surface area contributed by atoms with Crippen molar-refractivity contribution >= 4 is 5.91 Å². The smallest absolute Gasteiger partial charge is 0.253 e. The van der Waals surface area contributed by atoms with Crippen molar-refractivity contribution in [1.82, 2.24) is 20.1 Å². The third-order valence-electron chi connectivity index (χ3n) is 2.39. The Morgan fingerprint density at radius 3 is 2.61 bits per heavy atom. The number of aryl methyl sites for hydroxylation is 1. The second-order valence-corrected chi connectivity index (χ2v) is 4.43. The van der Waals surface area contributed by atoms with Crippen molar-refractivity contribution in [2.75, 3.05) is 0 Å². The highest BCUT2D eigenvalue weighted by atomic mass is 16.1. The predicted molar refractivity (Wildman–Crippen MR) is 68.7 cm³/mol. The predicted octanol–water partition coefficient (Wildman–Crippen LogP) is 1.71. The van der Waals surface area contributed by atoms with Crippen molar-refractivity contribution in [2.45, 2.75) is 26.8 Å². The maximum Gasteiger partial charge on any atom is 0.253 e. The van der Waals surface area contributed by atoms with Crippen LogP contribution in [0.25, 0.3) is 5.82 Å². The van der Waals surface area contributed by atoms with Gasteiger partial charge < -0.3 is 5.32 Å². The van der Waals surface area contributed by atoms with E-state index >= 15 is 0 Å². The lowest BCUT2D eigenvalue weighted by Crippen LogP contribution is -2.30. The highest BCUT2D eigenvalue weighted by molar-refractivity contribution is 5.94. The fourth-order valence-corrected chi connectivity index (χ4v) is 1.54. The number of hydrogen-bond donors (Lipinski definition) is 1. The third kappa shape index (κ3) is 2.74. The van der Waals surface area contributed by atoms with Crippen LogP contribution in [-0.2, 0) is 0 Å². The van der Waals surface area contributed by atoms with E-state index in [0.717, 1.165) is 5.69 Å². The number of rotatable bonds is 3. The summed E-state index contributed by atoms with van der Waals surface area (Å²) in [5.74, 6) is 0.588. The lowest BCUT2D eigenvalue weighted by atomic mass is 10.2. The topological polar surface area (TPSA) is 59.8 Å².